The van der Waals surface area contributed by atoms with Crippen LogP contribution >= 0.6 is 15.9 Å². The van der Waals surface area contributed by atoms with E-state index in [1.54, 1.807) is 6.07 Å². The summed E-state index contributed by atoms with van der Waals surface area (Å²) in [5.74, 6) is 0.0908. The van der Waals surface area contributed by atoms with Crippen molar-refractivity contribution in [3.63, 3.8) is 0 Å². The summed E-state index contributed by atoms with van der Waals surface area (Å²) >= 11 is 3.12. The van der Waals surface area contributed by atoms with E-state index in [-0.39, 0.29) is 18.2 Å². The Morgan fingerprint density at radius 1 is 1.30 bits per heavy atom. The summed E-state index contributed by atoms with van der Waals surface area (Å²) in [6.45, 7) is 3.08. The molecule has 0 aliphatic heterocycles. The van der Waals surface area contributed by atoms with Crippen molar-refractivity contribution in [3.8, 4) is 0 Å². The van der Waals surface area contributed by atoms with Crippen molar-refractivity contribution in [2.24, 2.45) is 5.92 Å². The van der Waals surface area contributed by atoms with E-state index in [9.17, 15) is 9.59 Å². The Bertz CT molecular complexity index is 532. The Hall–Kier alpha value is -1.34. The first-order valence-corrected chi connectivity index (χ1v) is 8.77. The van der Waals surface area contributed by atoms with Gasteiger partial charge in [0.25, 0.3) is 5.91 Å². The van der Waals surface area contributed by atoms with E-state index in [1.165, 1.54) is 25.3 Å². The normalized spacial score (nSPS) is 21.0. The molecule has 2 unspecified atom stereocenters. The zero-order chi connectivity index (χ0) is 16.7. The Balaban J connectivity index is 1.57. The number of furan rings is 1. The number of halogens is 1. The quantitative estimate of drug-likeness (QED) is 0.705. The second-order valence-corrected chi connectivity index (χ2v) is 6.59. The average molecular weight is 387 g/mol. The molecule has 7 heteroatoms. The predicted octanol–water partition coefficient (Wildman–Crippen LogP) is 2.48. The van der Waals surface area contributed by atoms with Crippen molar-refractivity contribution in [2.75, 3.05) is 19.7 Å². The first-order chi connectivity index (χ1) is 11.1. The van der Waals surface area contributed by atoms with E-state index >= 15 is 0 Å². The molecule has 0 aromatic carbocycles. The van der Waals surface area contributed by atoms with Gasteiger partial charge in [0.15, 0.2) is 10.4 Å². The van der Waals surface area contributed by atoms with Gasteiger partial charge in [-0.1, -0.05) is 19.8 Å². The highest BCUT2D eigenvalue weighted by Crippen LogP contribution is 2.25. The van der Waals surface area contributed by atoms with E-state index in [0.717, 1.165) is 6.42 Å². The molecule has 0 spiro atoms. The van der Waals surface area contributed by atoms with Gasteiger partial charge in [-0.3, -0.25) is 9.59 Å². The van der Waals surface area contributed by atoms with Gasteiger partial charge in [-0.2, -0.15) is 0 Å². The molecule has 2 rings (SSSR count). The van der Waals surface area contributed by atoms with Crippen molar-refractivity contribution in [3.05, 3.63) is 22.6 Å². The molecule has 2 N–H and O–H groups in total. The molecule has 1 aromatic rings. The van der Waals surface area contributed by atoms with Gasteiger partial charge < -0.3 is 19.8 Å². The third-order valence-corrected chi connectivity index (χ3v) is 4.42. The largest absolute Gasteiger partial charge is 0.444 e. The van der Waals surface area contributed by atoms with Gasteiger partial charge in [0.05, 0.1) is 19.3 Å². The van der Waals surface area contributed by atoms with Gasteiger partial charge in [0.2, 0.25) is 5.91 Å². The third-order valence-electron chi connectivity index (χ3n) is 4.00. The van der Waals surface area contributed by atoms with E-state index in [2.05, 4.69) is 33.5 Å². The molecule has 0 bridgehead atoms. The summed E-state index contributed by atoms with van der Waals surface area (Å²) in [7, 11) is 0. The van der Waals surface area contributed by atoms with Gasteiger partial charge in [-0.15, -0.1) is 0 Å². The maximum atomic E-state index is 11.7. The van der Waals surface area contributed by atoms with Crippen LogP contribution in [0.25, 0.3) is 0 Å². The molecule has 1 aromatic heterocycles. The molecule has 128 valence electrons. The molecule has 2 amide bonds. The lowest BCUT2D eigenvalue weighted by Gasteiger charge is -2.28. The van der Waals surface area contributed by atoms with Crippen LogP contribution in [0.15, 0.2) is 21.2 Å². The molecule has 6 nitrogen and oxygen atoms in total. The van der Waals surface area contributed by atoms with Crippen LogP contribution in [-0.4, -0.2) is 37.6 Å². The molecule has 0 saturated heterocycles. The topological polar surface area (TPSA) is 80.6 Å². The Morgan fingerprint density at radius 3 is 2.78 bits per heavy atom. The third kappa shape index (κ3) is 5.99. The average Bonchev–Trinajstić information content (AvgIpc) is 2.97. The van der Waals surface area contributed by atoms with Gasteiger partial charge >= 0.3 is 0 Å². The first-order valence-electron chi connectivity index (χ1n) is 7.98. The summed E-state index contributed by atoms with van der Waals surface area (Å²) in [5.41, 5.74) is 0. The number of ether oxygens (including phenoxy) is 1. The molecule has 1 aliphatic carbocycles. The molecule has 1 aliphatic rings. The van der Waals surface area contributed by atoms with Crippen LogP contribution in [0.5, 0.6) is 0 Å². The summed E-state index contributed by atoms with van der Waals surface area (Å²) in [6.07, 6.45) is 5.12. The fourth-order valence-corrected chi connectivity index (χ4v) is 2.98. The number of hydrogen-bond acceptors (Lipinski definition) is 4. The fraction of sp³-hybridized carbons (Fsp3) is 0.625. The highest BCUT2D eigenvalue weighted by atomic mass is 79.9. The first kappa shape index (κ1) is 18.0. The number of rotatable bonds is 7. The van der Waals surface area contributed by atoms with E-state index < -0.39 is 5.91 Å². The van der Waals surface area contributed by atoms with Gasteiger partial charge in [-0.25, -0.2) is 0 Å². The standard InChI is InChI=1S/C16H23BrN2O4/c1-11-4-2-3-5-12(11)22-9-8-18-15(20)10-19-16(21)13-6-7-14(17)23-13/h6-7,11-12H,2-5,8-10H2,1H3,(H,18,20)(H,19,21). The van der Waals surface area contributed by atoms with Crippen molar-refractivity contribution in [2.45, 2.75) is 38.7 Å². The number of nitrogens with one attached hydrogen (secondary N) is 2. The fourth-order valence-electron chi connectivity index (χ4n) is 2.68. The summed E-state index contributed by atoms with van der Waals surface area (Å²) in [5, 5.41) is 5.23. The molecule has 1 heterocycles. The van der Waals surface area contributed by atoms with Gasteiger partial charge in [0.1, 0.15) is 0 Å². The maximum Gasteiger partial charge on any atom is 0.287 e. The highest BCUT2D eigenvalue weighted by Gasteiger charge is 2.21. The molecular formula is C16H23BrN2O4. The van der Waals surface area contributed by atoms with Crippen LogP contribution in [-0.2, 0) is 9.53 Å². The Kier molecular flexibility index (Phi) is 7.11. The second-order valence-electron chi connectivity index (χ2n) is 5.81. The monoisotopic (exact) mass is 386 g/mol. The lowest BCUT2D eigenvalue weighted by molar-refractivity contribution is -0.120. The van der Waals surface area contributed by atoms with Crippen LogP contribution < -0.4 is 10.6 Å². The maximum absolute atomic E-state index is 11.7. The molecule has 1 saturated carbocycles. The Morgan fingerprint density at radius 2 is 2.09 bits per heavy atom. The number of amides is 2. The zero-order valence-electron chi connectivity index (χ0n) is 13.3. The highest BCUT2D eigenvalue weighted by molar-refractivity contribution is 9.10. The van der Waals surface area contributed by atoms with Crippen LogP contribution in [0.4, 0.5) is 0 Å². The van der Waals surface area contributed by atoms with Crippen LogP contribution in [0.1, 0.15) is 43.2 Å². The van der Waals surface area contributed by atoms with E-state index in [1.807, 2.05) is 0 Å². The zero-order valence-corrected chi connectivity index (χ0v) is 14.9. The molecule has 1 fully saturated rings. The summed E-state index contributed by atoms with van der Waals surface area (Å²) < 4.78 is 11.4. The van der Waals surface area contributed by atoms with Crippen LogP contribution in [0.3, 0.4) is 0 Å². The van der Waals surface area contributed by atoms with Crippen LogP contribution in [0, 0.1) is 5.92 Å². The smallest absolute Gasteiger partial charge is 0.287 e. The number of carbonyl (C=O) groups excluding carboxylic acids is 2. The van der Waals surface area contributed by atoms with Crippen molar-refractivity contribution in [1.82, 2.24) is 10.6 Å². The Labute approximate surface area is 144 Å². The lowest BCUT2D eigenvalue weighted by Crippen LogP contribution is -2.38. The van der Waals surface area contributed by atoms with Gasteiger partial charge in [0, 0.05) is 6.54 Å². The minimum absolute atomic E-state index is 0.0863. The predicted molar refractivity (Wildman–Crippen MR) is 89.1 cm³/mol. The minimum Gasteiger partial charge on any atom is -0.444 e. The second kappa shape index (κ2) is 9.08. The van der Waals surface area contributed by atoms with Gasteiger partial charge in [-0.05, 0) is 46.8 Å². The van der Waals surface area contributed by atoms with Crippen molar-refractivity contribution < 1.29 is 18.7 Å². The summed E-state index contributed by atoms with van der Waals surface area (Å²) in [4.78, 5) is 23.4. The van der Waals surface area contributed by atoms with Crippen molar-refractivity contribution in [1.29, 1.82) is 0 Å². The van der Waals surface area contributed by atoms with E-state index in [0.29, 0.717) is 29.8 Å². The minimum atomic E-state index is -0.418. The van der Waals surface area contributed by atoms with Crippen molar-refractivity contribution >= 4 is 27.7 Å². The van der Waals surface area contributed by atoms with E-state index in [4.69, 9.17) is 9.15 Å². The lowest BCUT2D eigenvalue weighted by atomic mass is 9.88. The number of hydrogen-bond donors (Lipinski definition) is 2. The molecular weight excluding hydrogens is 364 g/mol. The number of carbonyl (C=O) groups is 2. The molecule has 23 heavy (non-hydrogen) atoms. The SMILES string of the molecule is CC1CCCCC1OCCNC(=O)CNC(=O)c1ccc(Br)o1. The van der Waals surface area contributed by atoms with Crippen LogP contribution in [0.2, 0.25) is 0 Å². The summed E-state index contributed by atoms with van der Waals surface area (Å²) in [6, 6.07) is 3.16. The molecule has 0 radical (unpaired) electrons. The molecule has 2 atom stereocenters.